The van der Waals surface area contributed by atoms with Crippen LogP contribution < -0.4 is 4.90 Å². The van der Waals surface area contributed by atoms with E-state index in [1.54, 1.807) is 17.4 Å². The Kier molecular flexibility index (Phi) is 5.37. The lowest BCUT2D eigenvalue weighted by Gasteiger charge is -2.35. The van der Waals surface area contributed by atoms with Gasteiger partial charge in [0.05, 0.1) is 5.69 Å². The second-order valence-electron chi connectivity index (χ2n) is 8.17. The van der Waals surface area contributed by atoms with E-state index >= 15 is 0 Å². The van der Waals surface area contributed by atoms with Crippen LogP contribution in [0.15, 0.2) is 36.4 Å². The number of likely N-dealkylation sites (tertiary alicyclic amines) is 1. The van der Waals surface area contributed by atoms with Crippen molar-refractivity contribution >= 4 is 32.7 Å². The van der Waals surface area contributed by atoms with Crippen LogP contribution in [0.4, 0.5) is 9.52 Å². The van der Waals surface area contributed by atoms with E-state index in [1.807, 2.05) is 18.2 Å². The Morgan fingerprint density at radius 1 is 1.00 bits per heavy atom. The number of carbonyl (C=O) groups is 1. The highest BCUT2D eigenvalue weighted by atomic mass is 32.1. The molecule has 0 unspecified atom stereocenters. The molecule has 0 bridgehead atoms. The second kappa shape index (κ2) is 8.30. The summed E-state index contributed by atoms with van der Waals surface area (Å²) < 4.78 is 13.5. The molecule has 2 aliphatic heterocycles. The van der Waals surface area contributed by atoms with Gasteiger partial charge in [0.25, 0.3) is 0 Å². The first kappa shape index (κ1) is 19.4. The zero-order valence-corrected chi connectivity index (χ0v) is 17.7. The molecule has 0 radical (unpaired) electrons. The third-order valence-electron chi connectivity index (χ3n) is 6.15. The molecule has 0 aliphatic carbocycles. The highest BCUT2D eigenvalue weighted by molar-refractivity contribution is 7.21. The summed E-state index contributed by atoms with van der Waals surface area (Å²) in [5, 5.41) is 0.956. The predicted octanol–water partition coefficient (Wildman–Crippen LogP) is 4.73. The average molecular weight is 425 g/mol. The van der Waals surface area contributed by atoms with E-state index in [9.17, 15) is 9.18 Å². The fraction of sp³-hybridized carbons (Fsp3) is 0.435. The maximum Gasteiger partial charge on any atom is 0.225 e. The Hall–Kier alpha value is -2.54. The molecule has 5 nitrogen and oxygen atoms in total. The van der Waals surface area contributed by atoms with Gasteiger partial charge in [0.2, 0.25) is 5.91 Å². The topological polar surface area (TPSA) is 49.3 Å². The van der Waals surface area contributed by atoms with Crippen LogP contribution in [0.3, 0.4) is 0 Å². The molecule has 2 fully saturated rings. The molecular formula is C23H25FN4OS. The Balaban J connectivity index is 1.28. The van der Waals surface area contributed by atoms with Gasteiger partial charge < -0.3 is 9.80 Å². The average Bonchev–Trinajstić information content (AvgIpc) is 3.23. The van der Waals surface area contributed by atoms with Gasteiger partial charge in [-0.2, -0.15) is 0 Å². The number of anilines is 1. The SMILES string of the molecule is O=C(C1CCN(c2nc3ccc(-c4cccc(F)c4)nc3s2)CC1)N1CCCCC1. The van der Waals surface area contributed by atoms with Gasteiger partial charge in [0.1, 0.15) is 16.2 Å². The number of nitrogens with zero attached hydrogens (tertiary/aromatic N) is 4. The molecule has 7 heteroatoms. The van der Waals surface area contributed by atoms with Crippen LogP contribution in [0.1, 0.15) is 32.1 Å². The lowest BCUT2D eigenvalue weighted by atomic mass is 9.94. The van der Waals surface area contributed by atoms with Gasteiger partial charge >= 0.3 is 0 Å². The number of halogens is 1. The molecule has 2 saturated heterocycles. The normalized spacial score (nSPS) is 18.2. The zero-order valence-electron chi connectivity index (χ0n) is 16.9. The molecule has 4 heterocycles. The summed E-state index contributed by atoms with van der Waals surface area (Å²) in [7, 11) is 0. The minimum Gasteiger partial charge on any atom is -0.348 e. The molecule has 1 amide bonds. The molecule has 0 saturated carbocycles. The summed E-state index contributed by atoms with van der Waals surface area (Å²) in [6.07, 6.45) is 5.29. The number of aromatic nitrogens is 2. The summed E-state index contributed by atoms with van der Waals surface area (Å²) in [6.45, 7) is 3.55. The third kappa shape index (κ3) is 3.90. The van der Waals surface area contributed by atoms with Gasteiger partial charge in [-0.1, -0.05) is 23.5 Å². The number of piperidine rings is 2. The van der Waals surface area contributed by atoms with Crippen molar-refractivity contribution in [3.63, 3.8) is 0 Å². The molecular weight excluding hydrogens is 399 g/mol. The number of pyridine rings is 1. The van der Waals surface area contributed by atoms with Gasteiger partial charge in [-0.15, -0.1) is 0 Å². The van der Waals surface area contributed by atoms with E-state index in [2.05, 4.69) is 9.80 Å². The second-order valence-corrected chi connectivity index (χ2v) is 9.13. The summed E-state index contributed by atoms with van der Waals surface area (Å²) in [5.41, 5.74) is 2.38. The fourth-order valence-electron chi connectivity index (χ4n) is 4.44. The van der Waals surface area contributed by atoms with Crippen molar-refractivity contribution in [3.05, 3.63) is 42.2 Å². The fourth-order valence-corrected chi connectivity index (χ4v) is 5.43. The van der Waals surface area contributed by atoms with Crippen molar-refractivity contribution in [1.82, 2.24) is 14.9 Å². The smallest absolute Gasteiger partial charge is 0.225 e. The van der Waals surface area contributed by atoms with Crippen LogP contribution in [0, 0.1) is 11.7 Å². The quantitative estimate of drug-likeness (QED) is 0.610. The van der Waals surface area contributed by atoms with E-state index in [-0.39, 0.29) is 11.7 Å². The van der Waals surface area contributed by atoms with Crippen molar-refractivity contribution in [2.75, 3.05) is 31.1 Å². The molecule has 0 N–H and O–H groups in total. The van der Waals surface area contributed by atoms with Gasteiger partial charge in [0.15, 0.2) is 5.13 Å². The summed E-state index contributed by atoms with van der Waals surface area (Å²) in [4.78, 5) is 27.5. The maximum absolute atomic E-state index is 13.5. The number of fused-ring (bicyclic) bond motifs is 1. The van der Waals surface area contributed by atoms with Gasteiger partial charge in [0, 0.05) is 37.7 Å². The number of amides is 1. The van der Waals surface area contributed by atoms with Crippen molar-refractivity contribution in [2.24, 2.45) is 5.92 Å². The molecule has 156 valence electrons. The Morgan fingerprint density at radius 3 is 2.57 bits per heavy atom. The lowest BCUT2D eigenvalue weighted by molar-refractivity contribution is -0.137. The molecule has 2 aliphatic rings. The van der Waals surface area contributed by atoms with Crippen molar-refractivity contribution in [2.45, 2.75) is 32.1 Å². The number of carbonyl (C=O) groups excluding carboxylic acids is 1. The van der Waals surface area contributed by atoms with E-state index in [1.165, 1.54) is 18.6 Å². The summed E-state index contributed by atoms with van der Waals surface area (Å²) >= 11 is 1.57. The molecule has 5 rings (SSSR count). The first-order valence-corrected chi connectivity index (χ1v) is 11.6. The molecule has 30 heavy (non-hydrogen) atoms. The van der Waals surface area contributed by atoms with Crippen LogP contribution in [-0.2, 0) is 4.79 Å². The molecule has 0 atom stereocenters. The monoisotopic (exact) mass is 424 g/mol. The van der Waals surface area contributed by atoms with Crippen molar-refractivity contribution in [3.8, 4) is 11.3 Å². The van der Waals surface area contributed by atoms with Crippen LogP contribution in [-0.4, -0.2) is 47.0 Å². The standard InChI is InChI=1S/C23H25FN4OS/c24-18-6-4-5-17(15-18)19-7-8-20-21(25-19)30-23(26-20)28-13-9-16(10-14-28)22(29)27-11-2-1-3-12-27/h4-8,15-16H,1-3,9-14H2. The number of thiazole rings is 1. The van der Waals surface area contributed by atoms with Gasteiger partial charge in [-0.3, -0.25) is 4.79 Å². The summed E-state index contributed by atoms with van der Waals surface area (Å²) in [6, 6.07) is 10.3. The Labute approximate surface area is 179 Å². The maximum atomic E-state index is 13.5. The lowest BCUT2D eigenvalue weighted by Crippen LogP contribution is -2.44. The predicted molar refractivity (Wildman–Crippen MR) is 118 cm³/mol. The number of hydrogen-bond donors (Lipinski definition) is 0. The minimum atomic E-state index is -0.263. The molecule has 2 aromatic heterocycles. The van der Waals surface area contributed by atoms with Crippen LogP contribution >= 0.6 is 11.3 Å². The zero-order chi connectivity index (χ0) is 20.5. The number of hydrogen-bond acceptors (Lipinski definition) is 5. The Morgan fingerprint density at radius 2 is 1.80 bits per heavy atom. The van der Waals surface area contributed by atoms with E-state index in [4.69, 9.17) is 9.97 Å². The third-order valence-corrected chi connectivity index (χ3v) is 7.17. The Bertz CT molecular complexity index is 1050. The number of benzene rings is 1. The van der Waals surface area contributed by atoms with E-state index in [0.29, 0.717) is 5.91 Å². The highest BCUT2D eigenvalue weighted by Gasteiger charge is 2.30. The van der Waals surface area contributed by atoms with Crippen LogP contribution in [0.2, 0.25) is 0 Å². The molecule has 0 spiro atoms. The summed E-state index contributed by atoms with van der Waals surface area (Å²) in [5.74, 6) is 0.229. The molecule has 3 aromatic rings. The number of rotatable bonds is 3. The van der Waals surface area contributed by atoms with Crippen molar-refractivity contribution < 1.29 is 9.18 Å². The largest absolute Gasteiger partial charge is 0.348 e. The minimum absolute atomic E-state index is 0.145. The first-order chi connectivity index (χ1) is 14.7. The first-order valence-electron chi connectivity index (χ1n) is 10.7. The van der Waals surface area contributed by atoms with Crippen molar-refractivity contribution in [1.29, 1.82) is 0 Å². The van der Waals surface area contributed by atoms with Gasteiger partial charge in [-0.25, -0.2) is 14.4 Å². The highest BCUT2D eigenvalue weighted by Crippen LogP contribution is 2.32. The van der Waals surface area contributed by atoms with Gasteiger partial charge in [-0.05, 0) is 56.4 Å². The van der Waals surface area contributed by atoms with E-state index in [0.717, 1.165) is 78.6 Å². The molecule has 1 aromatic carbocycles. The van der Waals surface area contributed by atoms with Crippen LogP contribution in [0.25, 0.3) is 21.6 Å². The van der Waals surface area contributed by atoms with Crippen LogP contribution in [0.5, 0.6) is 0 Å². The van der Waals surface area contributed by atoms with E-state index < -0.39 is 0 Å².